The maximum absolute atomic E-state index is 11.2. The zero-order chi connectivity index (χ0) is 17.1. The van der Waals surface area contributed by atoms with E-state index in [9.17, 15) is 4.79 Å². The molecule has 3 N–H and O–H groups in total. The number of benzene rings is 1. The predicted molar refractivity (Wildman–Crippen MR) is 100 cm³/mol. The van der Waals surface area contributed by atoms with Gasteiger partial charge in [0.25, 0.3) is 0 Å². The minimum atomic E-state index is -0.176. The summed E-state index contributed by atoms with van der Waals surface area (Å²) in [6, 6.07) is 12.2. The molecule has 6 heteroatoms. The molecule has 5 nitrogen and oxygen atoms in total. The van der Waals surface area contributed by atoms with E-state index in [4.69, 9.17) is 0 Å². The van der Waals surface area contributed by atoms with Gasteiger partial charge in [0.1, 0.15) is 5.65 Å². The fraction of sp³-hybridized carbons (Fsp3) is 0.111. The van der Waals surface area contributed by atoms with Crippen LogP contribution < -0.4 is 10.9 Å². The lowest BCUT2D eigenvalue weighted by molar-refractivity contribution is -0.119. The number of aromatic nitrogens is 2. The van der Waals surface area contributed by atoms with E-state index in [1.54, 1.807) is 0 Å². The number of hydrogen-bond acceptors (Lipinski definition) is 4. The first-order chi connectivity index (χ1) is 11.6. The normalized spacial score (nSPS) is 12.0. The van der Waals surface area contributed by atoms with Crippen LogP contribution in [0.15, 0.2) is 53.7 Å². The summed E-state index contributed by atoms with van der Waals surface area (Å²) in [5.41, 5.74) is 10.1. The van der Waals surface area contributed by atoms with E-state index in [-0.39, 0.29) is 5.91 Å². The number of carbonyl (C=O) groups is 1. The zero-order valence-electron chi connectivity index (χ0n) is 13.4. The minimum absolute atomic E-state index is 0.176. The van der Waals surface area contributed by atoms with E-state index in [1.807, 2.05) is 49.6 Å². The molecule has 1 aromatic carbocycles. The molecule has 0 saturated carbocycles. The van der Waals surface area contributed by atoms with Gasteiger partial charge in [-0.3, -0.25) is 15.6 Å². The third-order valence-corrected chi connectivity index (χ3v) is 3.86. The lowest BCUT2D eigenvalue weighted by Crippen LogP contribution is -2.34. The molecule has 24 heavy (non-hydrogen) atoms. The molecule has 2 heterocycles. The maximum Gasteiger partial charge on any atom is 0.235 e. The van der Waals surface area contributed by atoms with E-state index >= 15 is 0 Å². The summed E-state index contributed by atoms with van der Waals surface area (Å²) in [5.74, 6) is -0.176. The van der Waals surface area contributed by atoms with Crippen LogP contribution >= 0.6 is 12.6 Å². The number of pyridine rings is 1. The van der Waals surface area contributed by atoms with Crippen LogP contribution in [0.4, 0.5) is 0 Å². The topological polar surface area (TPSA) is 69.8 Å². The second-order valence-electron chi connectivity index (χ2n) is 5.46. The Morgan fingerprint density at radius 3 is 2.54 bits per heavy atom. The number of nitrogens with zero attached hydrogens (tertiary/aromatic N) is 1. The fourth-order valence-corrected chi connectivity index (χ4v) is 2.68. The summed E-state index contributed by atoms with van der Waals surface area (Å²) < 4.78 is 0. The number of aromatic amines is 1. The van der Waals surface area contributed by atoms with E-state index in [0.29, 0.717) is 0 Å². The van der Waals surface area contributed by atoms with Gasteiger partial charge in [-0.2, -0.15) is 0 Å². The first-order valence-corrected chi connectivity index (χ1v) is 7.96. The van der Waals surface area contributed by atoms with E-state index in [0.717, 1.165) is 38.3 Å². The van der Waals surface area contributed by atoms with Crippen molar-refractivity contribution in [2.45, 2.75) is 13.8 Å². The summed E-state index contributed by atoms with van der Waals surface area (Å²) in [4.78, 5) is 19.6. The van der Waals surface area contributed by atoms with Crippen molar-refractivity contribution >= 4 is 35.3 Å². The molecule has 0 aliphatic rings. The molecule has 3 rings (SSSR count). The third kappa shape index (κ3) is 3.28. The number of hydrogen-bond donors (Lipinski definition) is 4. The Morgan fingerprint density at radius 1 is 1.12 bits per heavy atom. The number of allylic oxidation sites excluding steroid dienone is 1. The Morgan fingerprint density at radius 2 is 1.88 bits per heavy atom. The van der Waals surface area contributed by atoms with Crippen LogP contribution in [0.5, 0.6) is 0 Å². The molecule has 0 spiro atoms. The summed E-state index contributed by atoms with van der Waals surface area (Å²) >= 11 is 4.43. The number of amides is 1. The molecular weight excluding hydrogens is 320 g/mol. The van der Waals surface area contributed by atoms with Crippen LogP contribution in [0.25, 0.3) is 27.9 Å². The van der Waals surface area contributed by atoms with Gasteiger partial charge in [-0.15, -0.1) is 12.6 Å². The largest absolute Gasteiger partial charge is 0.345 e. The van der Waals surface area contributed by atoms with Crippen LogP contribution in [-0.2, 0) is 4.79 Å². The summed E-state index contributed by atoms with van der Waals surface area (Å²) in [5, 5.41) is 0.956. The molecule has 0 unspecified atom stereocenters. The Hall–Kier alpha value is -2.73. The highest BCUT2D eigenvalue weighted by Gasteiger charge is 2.13. The molecule has 0 fully saturated rings. The first kappa shape index (κ1) is 16.1. The highest BCUT2D eigenvalue weighted by molar-refractivity contribution is 7.84. The van der Waals surface area contributed by atoms with Crippen molar-refractivity contribution in [1.82, 2.24) is 20.8 Å². The lowest BCUT2D eigenvalue weighted by Gasteiger charge is -2.12. The highest BCUT2D eigenvalue weighted by atomic mass is 32.1. The minimum Gasteiger partial charge on any atom is -0.345 e. The number of carbonyl (C=O) groups excluding carboxylic acids is 1. The maximum atomic E-state index is 11.2. The van der Waals surface area contributed by atoms with Crippen LogP contribution in [0.2, 0.25) is 0 Å². The summed E-state index contributed by atoms with van der Waals surface area (Å²) in [6.45, 7) is 3.31. The molecule has 2 aromatic heterocycles. The number of nitrogens with one attached hydrogen (secondary N) is 3. The second-order valence-corrected chi connectivity index (χ2v) is 6.13. The van der Waals surface area contributed by atoms with E-state index in [2.05, 4.69) is 39.5 Å². The number of H-pyrrole nitrogens is 1. The highest BCUT2D eigenvalue weighted by Crippen LogP contribution is 2.29. The Balaban J connectivity index is 2.08. The molecule has 0 atom stereocenters. The van der Waals surface area contributed by atoms with Crippen LogP contribution in [0.1, 0.15) is 19.4 Å². The van der Waals surface area contributed by atoms with Crippen molar-refractivity contribution in [3.8, 4) is 11.1 Å². The van der Waals surface area contributed by atoms with Gasteiger partial charge in [-0.1, -0.05) is 30.3 Å². The van der Waals surface area contributed by atoms with Crippen molar-refractivity contribution in [3.63, 3.8) is 0 Å². The van der Waals surface area contributed by atoms with Crippen molar-refractivity contribution in [3.05, 3.63) is 59.3 Å². The standard InChI is InChI=1S/C18H18N4OS/c1-11(24)17(22-21-12(2)23)16-10-20-18-15(16)8-14(9-19-18)13-6-4-3-5-7-13/h3-10,22,24H,1-2H3,(H,19,20)(H,21,23)/b17-11-. The second kappa shape index (κ2) is 6.80. The molecule has 1 amide bonds. The summed E-state index contributed by atoms with van der Waals surface area (Å²) in [7, 11) is 0. The van der Waals surface area contributed by atoms with E-state index in [1.165, 1.54) is 6.92 Å². The third-order valence-electron chi connectivity index (χ3n) is 3.63. The molecule has 0 aliphatic carbocycles. The van der Waals surface area contributed by atoms with Gasteiger partial charge in [0.2, 0.25) is 5.91 Å². The van der Waals surface area contributed by atoms with Crippen molar-refractivity contribution in [2.75, 3.05) is 0 Å². The molecule has 0 radical (unpaired) electrons. The smallest absolute Gasteiger partial charge is 0.235 e. The SMILES string of the molecule is CC(=O)NN/C(=C(/C)S)c1c[nH]c2ncc(-c3ccccc3)cc12. The molecule has 122 valence electrons. The number of fused-ring (bicyclic) bond motifs is 1. The summed E-state index contributed by atoms with van der Waals surface area (Å²) in [6.07, 6.45) is 3.70. The number of thiol groups is 1. The van der Waals surface area contributed by atoms with E-state index < -0.39 is 0 Å². The number of rotatable bonds is 4. The Kier molecular flexibility index (Phi) is 4.57. The average molecular weight is 338 g/mol. The molecule has 0 saturated heterocycles. The van der Waals surface area contributed by atoms with Crippen molar-refractivity contribution < 1.29 is 4.79 Å². The molecule has 0 bridgehead atoms. The van der Waals surface area contributed by atoms with Crippen molar-refractivity contribution in [1.29, 1.82) is 0 Å². The fourth-order valence-electron chi connectivity index (χ4n) is 2.50. The van der Waals surface area contributed by atoms with Gasteiger partial charge >= 0.3 is 0 Å². The van der Waals surface area contributed by atoms with Crippen molar-refractivity contribution in [2.24, 2.45) is 0 Å². The zero-order valence-corrected chi connectivity index (χ0v) is 14.3. The predicted octanol–water partition coefficient (Wildman–Crippen LogP) is 3.49. The quantitative estimate of drug-likeness (QED) is 0.435. The molecule has 0 aliphatic heterocycles. The van der Waals surface area contributed by atoms with Gasteiger partial charge in [-0.25, -0.2) is 4.98 Å². The first-order valence-electron chi connectivity index (χ1n) is 7.51. The Bertz CT molecular complexity index is 911. The van der Waals surface area contributed by atoms with Gasteiger partial charge in [0, 0.05) is 40.7 Å². The van der Waals surface area contributed by atoms with Crippen LogP contribution in [0, 0.1) is 0 Å². The molecular formula is C18H18N4OS. The molecule has 3 aromatic rings. The van der Waals surface area contributed by atoms with Gasteiger partial charge in [0.15, 0.2) is 0 Å². The van der Waals surface area contributed by atoms with Gasteiger partial charge < -0.3 is 4.98 Å². The Labute approximate surface area is 145 Å². The van der Waals surface area contributed by atoms with Gasteiger partial charge in [0.05, 0.1) is 5.70 Å². The van der Waals surface area contributed by atoms with Gasteiger partial charge in [-0.05, 0) is 18.6 Å². The van der Waals surface area contributed by atoms with Crippen LogP contribution in [-0.4, -0.2) is 15.9 Å². The lowest BCUT2D eigenvalue weighted by atomic mass is 10.0. The average Bonchev–Trinajstić information content (AvgIpc) is 2.98. The van der Waals surface area contributed by atoms with Crippen LogP contribution in [0.3, 0.4) is 0 Å². The number of hydrazine groups is 1. The monoisotopic (exact) mass is 338 g/mol.